The fraction of sp³-hybridized carbons (Fsp3) is 0.444. The van der Waals surface area contributed by atoms with Crippen LogP contribution in [0.4, 0.5) is 14.8 Å². The first-order valence-electron chi connectivity index (χ1n) is 8.79. The zero-order valence-electron chi connectivity index (χ0n) is 14.5. The monoisotopic (exact) mass is 392 g/mol. The fourth-order valence-corrected chi connectivity index (χ4v) is 4.51. The van der Waals surface area contributed by atoms with E-state index >= 15 is 0 Å². The van der Waals surface area contributed by atoms with Gasteiger partial charge in [-0.25, -0.2) is 13.8 Å². The maximum atomic E-state index is 13.5. The Kier molecular flexibility index (Phi) is 3.75. The van der Waals surface area contributed by atoms with E-state index in [4.69, 9.17) is 4.42 Å². The number of rotatable bonds is 4. The van der Waals surface area contributed by atoms with Crippen LogP contribution in [0.3, 0.4) is 0 Å². The van der Waals surface area contributed by atoms with Crippen LogP contribution in [-0.4, -0.2) is 46.7 Å². The van der Waals surface area contributed by atoms with Crippen molar-refractivity contribution in [3.8, 4) is 10.6 Å². The van der Waals surface area contributed by atoms with Gasteiger partial charge in [-0.2, -0.15) is 4.98 Å². The second kappa shape index (κ2) is 5.95. The minimum atomic E-state index is -2.95. The molecule has 0 aliphatic carbocycles. The summed E-state index contributed by atoms with van der Waals surface area (Å²) in [6.45, 7) is 2.62. The Morgan fingerprint density at radius 3 is 2.74 bits per heavy atom. The van der Waals surface area contributed by atoms with Crippen molar-refractivity contribution >= 4 is 28.5 Å². The molecule has 1 aromatic carbocycles. The Morgan fingerprint density at radius 1 is 1.37 bits per heavy atom. The second-order valence-corrected chi connectivity index (χ2v) is 8.22. The highest BCUT2D eigenvalue weighted by atomic mass is 32.1. The van der Waals surface area contributed by atoms with Crippen LogP contribution in [0.1, 0.15) is 18.9 Å². The molecule has 2 bridgehead atoms. The van der Waals surface area contributed by atoms with Gasteiger partial charge in [0.05, 0.1) is 5.56 Å². The standard InChI is InChI=1S/C18H18F2N4O2S/c1-18(25,16(19)20)12-3-2-11(15-21-4-5-27-15)14-13(12)23-17(26-14)24-7-9-6-10(8-24)22-9/h2-5,9-10,16,22,25H,6-8H2,1H3/t9?,10?,18-/m0/s1. The number of aromatic nitrogens is 2. The van der Waals surface area contributed by atoms with Crippen LogP contribution < -0.4 is 10.2 Å². The quantitative estimate of drug-likeness (QED) is 0.711. The lowest BCUT2D eigenvalue weighted by Gasteiger charge is -2.47. The highest BCUT2D eigenvalue weighted by Gasteiger charge is 2.40. The average molecular weight is 392 g/mol. The van der Waals surface area contributed by atoms with E-state index in [1.807, 2.05) is 10.3 Å². The molecule has 0 radical (unpaired) electrons. The van der Waals surface area contributed by atoms with Gasteiger partial charge in [-0.05, 0) is 19.4 Å². The van der Waals surface area contributed by atoms with Crippen molar-refractivity contribution < 1.29 is 18.3 Å². The van der Waals surface area contributed by atoms with Crippen LogP contribution in [0, 0.1) is 0 Å². The van der Waals surface area contributed by atoms with Crippen molar-refractivity contribution in [3.05, 3.63) is 29.3 Å². The number of piperidine rings is 1. The lowest BCUT2D eigenvalue weighted by molar-refractivity contribution is -0.0874. The molecule has 3 saturated heterocycles. The van der Waals surface area contributed by atoms with Gasteiger partial charge >= 0.3 is 0 Å². The van der Waals surface area contributed by atoms with Crippen LogP contribution in [0.2, 0.25) is 0 Å². The summed E-state index contributed by atoms with van der Waals surface area (Å²) in [5, 5.41) is 16.4. The first-order chi connectivity index (χ1) is 12.9. The van der Waals surface area contributed by atoms with Gasteiger partial charge in [-0.15, -0.1) is 11.3 Å². The Morgan fingerprint density at radius 2 is 2.11 bits per heavy atom. The number of hydrogen-bond acceptors (Lipinski definition) is 7. The van der Waals surface area contributed by atoms with Crippen molar-refractivity contribution in [2.45, 2.75) is 37.5 Å². The maximum Gasteiger partial charge on any atom is 0.298 e. The van der Waals surface area contributed by atoms with E-state index in [-0.39, 0.29) is 11.1 Å². The molecule has 0 amide bonds. The van der Waals surface area contributed by atoms with Gasteiger partial charge in [0.25, 0.3) is 12.4 Å². The summed E-state index contributed by atoms with van der Waals surface area (Å²) in [7, 11) is 0. The highest BCUT2D eigenvalue weighted by molar-refractivity contribution is 7.13. The number of piperazine rings is 1. The molecule has 3 fully saturated rings. The molecular weight excluding hydrogens is 374 g/mol. The van der Waals surface area contributed by atoms with Crippen molar-refractivity contribution in [2.75, 3.05) is 18.0 Å². The fourth-order valence-electron chi connectivity index (χ4n) is 3.85. The molecule has 3 aliphatic heterocycles. The summed E-state index contributed by atoms with van der Waals surface area (Å²) < 4.78 is 33.0. The number of aliphatic hydroxyl groups is 1. The lowest BCUT2D eigenvalue weighted by Crippen LogP contribution is -2.67. The Bertz CT molecular complexity index is 973. The summed E-state index contributed by atoms with van der Waals surface area (Å²) >= 11 is 1.43. The number of nitrogens with one attached hydrogen (secondary N) is 1. The molecular formula is C18H18F2N4O2S. The van der Waals surface area contributed by atoms with Gasteiger partial charge in [0.1, 0.15) is 16.1 Å². The summed E-state index contributed by atoms with van der Waals surface area (Å²) in [5.41, 5.74) is -0.934. The lowest BCUT2D eigenvalue weighted by atomic mass is 9.92. The van der Waals surface area contributed by atoms with Crippen molar-refractivity contribution in [1.82, 2.24) is 15.3 Å². The molecule has 2 N–H and O–H groups in total. The summed E-state index contributed by atoms with van der Waals surface area (Å²) in [6, 6.07) is 4.36. The number of nitrogens with zero attached hydrogens (tertiary/aromatic N) is 3. The first kappa shape index (κ1) is 17.0. The molecule has 6 nitrogen and oxygen atoms in total. The molecule has 0 spiro atoms. The third-order valence-electron chi connectivity index (χ3n) is 5.36. The minimum Gasteiger partial charge on any atom is -0.423 e. The van der Waals surface area contributed by atoms with E-state index < -0.39 is 12.0 Å². The van der Waals surface area contributed by atoms with Gasteiger partial charge in [0.2, 0.25) is 0 Å². The topological polar surface area (TPSA) is 74.4 Å². The van der Waals surface area contributed by atoms with E-state index in [1.54, 1.807) is 12.3 Å². The van der Waals surface area contributed by atoms with Gasteiger partial charge in [-0.3, -0.25) is 0 Å². The van der Waals surface area contributed by atoms with Crippen LogP contribution in [0.15, 0.2) is 28.1 Å². The van der Waals surface area contributed by atoms with Gasteiger partial charge in [0.15, 0.2) is 5.58 Å². The van der Waals surface area contributed by atoms with Crippen molar-refractivity contribution in [3.63, 3.8) is 0 Å². The predicted molar refractivity (Wildman–Crippen MR) is 98.2 cm³/mol. The normalized spacial score (nSPS) is 24.3. The molecule has 3 atom stereocenters. The second-order valence-electron chi connectivity index (χ2n) is 7.32. The molecule has 9 heteroatoms. The Labute approximate surface area is 157 Å². The molecule has 3 aliphatic rings. The van der Waals surface area contributed by atoms with E-state index in [2.05, 4.69) is 15.3 Å². The molecule has 142 valence electrons. The van der Waals surface area contributed by atoms with Crippen LogP contribution >= 0.6 is 11.3 Å². The summed E-state index contributed by atoms with van der Waals surface area (Å²) in [4.78, 5) is 10.9. The maximum absolute atomic E-state index is 13.5. The summed E-state index contributed by atoms with van der Waals surface area (Å²) in [6.07, 6.45) is -0.138. The number of halogens is 2. The van der Waals surface area contributed by atoms with Gasteiger partial charge < -0.3 is 19.7 Å². The van der Waals surface area contributed by atoms with Crippen molar-refractivity contribution in [2.24, 2.45) is 0 Å². The number of benzene rings is 1. The number of hydrogen-bond donors (Lipinski definition) is 2. The van der Waals surface area contributed by atoms with E-state index in [0.29, 0.717) is 34.3 Å². The number of alkyl halides is 2. The average Bonchev–Trinajstić information content (AvgIpc) is 3.30. The van der Waals surface area contributed by atoms with Gasteiger partial charge in [0, 0.05) is 42.3 Å². The number of anilines is 1. The molecule has 3 aromatic rings. The summed E-state index contributed by atoms with van der Waals surface area (Å²) in [5.74, 6) is 0. The molecule has 2 unspecified atom stereocenters. The molecule has 0 saturated carbocycles. The van der Waals surface area contributed by atoms with E-state index in [0.717, 1.165) is 26.4 Å². The Balaban J connectivity index is 1.67. The number of thiazole rings is 1. The predicted octanol–water partition coefficient (Wildman–Crippen LogP) is 2.97. The first-order valence-corrected chi connectivity index (χ1v) is 9.67. The molecule has 6 rings (SSSR count). The number of oxazole rings is 1. The largest absolute Gasteiger partial charge is 0.423 e. The third-order valence-corrected chi connectivity index (χ3v) is 6.16. The van der Waals surface area contributed by atoms with Gasteiger partial charge in [-0.1, -0.05) is 6.07 Å². The molecule has 27 heavy (non-hydrogen) atoms. The third kappa shape index (κ3) is 2.64. The minimum absolute atomic E-state index is 0.0584. The zero-order chi connectivity index (χ0) is 18.8. The van der Waals surface area contributed by atoms with Crippen LogP contribution in [0.5, 0.6) is 0 Å². The molecule has 5 heterocycles. The Hall–Kier alpha value is -2.10. The zero-order valence-corrected chi connectivity index (χ0v) is 15.3. The number of fused-ring (bicyclic) bond motifs is 3. The van der Waals surface area contributed by atoms with Crippen LogP contribution in [-0.2, 0) is 5.60 Å². The SMILES string of the molecule is C[C@](O)(c1ccc(-c2nccs2)c2oc(N3CC4CC(C3)N4)nc12)C(F)F. The van der Waals surface area contributed by atoms with Crippen molar-refractivity contribution in [1.29, 1.82) is 0 Å². The highest BCUT2D eigenvalue weighted by Crippen LogP contribution is 2.40. The smallest absolute Gasteiger partial charge is 0.298 e. The van der Waals surface area contributed by atoms with Crippen LogP contribution in [0.25, 0.3) is 21.7 Å². The van der Waals surface area contributed by atoms with E-state index in [1.165, 1.54) is 17.4 Å². The molecule has 2 aromatic heterocycles. The van der Waals surface area contributed by atoms with E-state index in [9.17, 15) is 13.9 Å².